The first kappa shape index (κ1) is 15.4. The predicted octanol–water partition coefficient (Wildman–Crippen LogP) is 1.79. The van der Waals surface area contributed by atoms with Gasteiger partial charge in [-0.3, -0.25) is 4.79 Å². The third-order valence-corrected chi connectivity index (χ3v) is 3.10. The van der Waals surface area contributed by atoms with Crippen molar-refractivity contribution in [1.82, 2.24) is 4.72 Å². The number of methoxy groups -OCH3 is 1. The maximum atomic E-state index is 11.5. The number of amides is 1. The lowest BCUT2D eigenvalue weighted by Crippen LogP contribution is -2.28. The molecule has 98 valence electrons. The van der Waals surface area contributed by atoms with Gasteiger partial charge in [-0.25, -0.2) is 13.1 Å². The van der Waals surface area contributed by atoms with Crippen LogP contribution in [0.2, 0.25) is 0 Å². The molecule has 0 aliphatic carbocycles. The van der Waals surface area contributed by atoms with Gasteiger partial charge in [0.15, 0.2) is 0 Å². The van der Waals surface area contributed by atoms with E-state index in [1.54, 1.807) is 0 Å². The van der Waals surface area contributed by atoms with Crippen LogP contribution in [0.4, 0.5) is 0 Å². The van der Waals surface area contributed by atoms with Crippen LogP contribution in [-0.2, 0) is 14.8 Å². The standard InChI is InChI=1S/C9H11NO4S.C2H6.H2/c1-7(11)10-15(12,13)9-5-3-8(14-2)4-6-9;1-2;/h3-6H,1-2H3,(H,10,11);1-2H3;1H. The minimum absolute atomic E-state index is 0. The van der Waals surface area contributed by atoms with Gasteiger partial charge in [-0.15, -0.1) is 0 Å². The molecule has 0 saturated carbocycles. The van der Waals surface area contributed by atoms with E-state index in [0.29, 0.717) is 5.75 Å². The summed E-state index contributed by atoms with van der Waals surface area (Å²) >= 11 is 0. The third kappa shape index (κ3) is 4.86. The largest absolute Gasteiger partial charge is 0.497 e. The fourth-order valence-electron chi connectivity index (χ4n) is 1.00. The molecular weight excluding hydrogens is 242 g/mol. The number of benzene rings is 1. The molecule has 1 aromatic rings. The lowest BCUT2D eigenvalue weighted by Gasteiger charge is -2.05. The fraction of sp³-hybridized carbons (Fsp3) is 0.364. The van der Waals surface area contributed by atoms with Gasteiger partial charge in [0.25, 0.3) is 10.0 Å². The Morgan fingerprint density at radius 3 is 2.06 bits per heavy atom. The summed E-state index contributed by atoms with van der Waals surface area (Å²) in [5.41, 5.74) is 0. The van der Waals surface area contributed by atoms with E-state index >= 15 is 0 Å². The summed E-state index contributed by atoms with van der Waals surface area (Å²) in [6.45, 7) is 5.14. The average molecular weight is 261 g/mol. The zero-order valence-corrected chi connectivity index (χ0v) is 11.2. The van der Waals surface area contributed by atoms with E-state index in [-0.39, 0.29) is 6.32 Å². The molecule has 0 heterocycles. The molecule has 0 spiro atoms. The number of hydrogen-bond acceptors (Lipinski definition) is 4. The Morgan fingerprint density at radius 2 is 1.71 bits per heavy atom. The number of rotatable bonds is 3. The molecule has 0 bridgehead atoms. The minimum atomic E-state index is -3.74. The van der Waals surface area contributed by atoms with Crippen molar-refractivity contribution in [3.63, 3.8) is 0 Å². The van der Waals surface area contributed by atoms with E-state index in [1.807, 2.05) is 18.6 Å². The van der Waals surface area contributed by atoms with Gasteiger partial charge in [0, 0.05) is 8.35 Å². The first-order valence-corrected chi connectivity index (χ1v) is 6.61. The number of carbonyl (C=O) groups is 1. The van der Waals surface area contributed by atoms with Crippen LogP contribution in [0.25, 0.3) is 0 Å². The molecule has 1 N–H and O–H groups in total. The second-order valence-electron chi connectivity index (χ2n) is 2.84. The summed E-state index contributed by atoms with van der Waals surface area (Å²) in [5.74, 6) is -0.0670. The molecule has 0 aromatic heterocycles. The van der Waals surface area contributed by atoms with E-state index < -0.39 is 15.9 Å². The normalized spacial score (nSPS) is 9.88. The second kappa shape index (κ2) is 6.90. The van der Waals surface area contributed by atoms with Crippen LogP contribution in [0.1, 0.15) is 22.2 Å². The number of nitrogens with one attached hydrogen (secondary N) is 1. The van der Waals surface area contributed by atoms with Crippen molar-refractivity contribution in [1.29, 1.82) is 0 Å². The van der Waals surface area contributed by atoms with Gasteiger partial charge in [0.05, 0.1) is 12.0 Å². The van der Waals surface area contributed by atoms with E-state index in [1.165, 1.54) is 31.4 Å². The molecular formula is C11H19NO4S. The summed E-state index contributed by atoms with van der Waals surface area (Å²) in [5, 5.41) is 0. The Balaban J connectivity index is 0. The highest BCUT2D eigenvalue weighted by atomic mass is 32.2. The Bertz CT molecular complexity index is 456. The summed E-state index contributed by atoms with van der Waals surface area (Å²) < 4.78 is 29.7. The van der Waals surface area contributed by atoms with E-state index in [0.717, 1.165) is 6.92 Å². The van der Waals surface area contributed by atoms with Crippen molar-refractivity contribution in [2.24, 2.45) is 0 Å². The molecule has 5 nitrogen and oxygen atoms in total. The van der Waals surface area contributed by atoms with Crippen molar-refractivity contribution < 1.29 is 19.4 Å². The number of carbonyl (C=O) groups excluding carboxylic acids is 1. The van der Waals surface area contributed by atoms with E-state index in [9.17, 15) is 13.2 Å². The lowest BCUT2D eigenvalue weighted by atomic mass is 10.3. The van der Waals surface area contributed by atoms with Crippen molar-refractivity contribution in [3.8, 4) is 5.75 Å². The molecule has 0 fully saturated rings. The van der Waals surface area contributed by atoms with Crippen LogP contribution >= 0.6 is 0 Å². The minimum Gasteiger partial charge on any atom is -0.497 e. The van der Waals surface area contributed by atoms with E-state index in [2.05, 4.69) is 0 Å². The highest BCUT2D eigenvalue weighted by Gasteiger charge is 2.14. The van der Waals surface area contributed by atoms with Gasteiger partial charge in [-0.1, -0.05) is 13.8 Å². The van der Waals surface area contributed by atoms with Gasteiger partial charge in [-0.05, 0) is 24.3 Å². The van der Waals surface area contributed by atoms with Crippen LogP contribution in [0.3, 0.4) is 0 Å². The Morgan fingerprint density at radius 1 is 1.24 bits per heavy atom. The number of sulfonamides is 1. The summed E-state index contributed by atoms with van der Waals surface area (Å²) in [7, 11) is -2.26. The predicted molar refractivity (Wildman–Crippen MR) is 67.5 cm³/mol. The van der Waals surface area contributed by atoms with Crippen molar-refractivity contribution >= 4 is 15.9 Å². The van der Waals surface area contributed by atoms with Gasteiger partial charge >= 0.3 is 0 Å². The molecule has 0 aliphatic rings. The fourth-order valence-corrected chi connectivity index (χ4v) is 1.99. The van der Waals surface area contributed by atoms with Gasteiger partial charge < -0.3 is 4.74 Å². The lowest BCUT2D eigenvalue weighted by molar-refractivity contribution is -0.117. The zero-order valence-electron chi connectivity index (χ0n) is 10.4. The second-order valence-corrected chi connectivity index (χ2v) is 4.52. The van der Waals surface area contributed by atoms with Crippen molar-refractivity contribution in [2.45, 2.75) is 25.7 Å². The summed E-state index contributed by atoms with van der Waals surface area (Å²) in [6.07, 6.45) is 0. The highest BCUT2D eigenvalue weighted by Crippen LogP contribution is 2.14. The Hall–Kier alpha value is -1.56. The molecule has 6 heteroatoms. The Labute approximate surface area is 103 Å². The van der Waals surface area contributed by atoms with Crippen LogP contribution in [0.5, 0.6) is 5.75 Å². The van der Waals surface area contributed by atoms with Gasteiger partial charge in [-0.2, -0.15) is 0 Å². The van der Waals surface area contributed by atoms with Crippen molar-refractivity contribution in [2.75, 3.05) is 7.11 Å². The molecule has 0 aliphatic heterocycles. The zero-order chi connectivity index (χ0) is 13.5. The molecule has 0 atom stereocenters. The Kier molecular flexibility index (Phi) is 6.27. The molecule has 0 saturated heterocycles. The maximum Gasteiger partial charge on any atom is 0.264 e. The smallest absolute Gasteiger partial charge is 0.264 e. The number of hydrogen-bond donors (Lipinski definition) is 1. The van der Waals surface area contributed by atoms with Crippen LogP contribution in [0, 0.1) is 0 Å². The summed E-state index contributed by atoms with van der Waals surface area (Å²) in [6, 6.07) is 5.75. The van der Waals surface area contributed by atoms with Crippen LogP contribution < -0.4 is 9.46 Å². The molecule has 1 rings (SSSR count). The van der Waals surface area contributed by atoms with Gasteiger partial charge in [0.1, 0.15) is 5.75 Å². The maximum absolute atomic E-state index is 11.5. The highest BCUT2D eigenvalue weighted by molar-refractivity contribution is 7.90. The van der Waals surface area contributed by atoms with Gasteiger partial charge in [0.2, 0.25) is 5.91 Å². The number of ether oxygens (including phenoxy) is 1. The molecule has 17 heavy (non-hydrogen) atoms. The first-order chi connectivity index (χ1) is 7.95. The third-order valence-electron chi connectivity index (χ3n) is 1.65. The SMILES string of the molecule is CC.COc1ccc(S(=O)(=O)NC(C)=O)cc1.[HH]. The quantitative estimate of drug-likeness (QED) is 0.900. The van der Waals surface area contributed by atoms with E-state index in [4.69, 9.17) is 4.74 Å². The molecule has 1 amide bonds. The monoisotopic (exact) mass is 261 g/mol. The first-order valence-electron chi connectivity index (χ1n) is 5.13. The molecule has 1 aromatic carbocycles. The van der Waals surface area contributed by atoms with Crippen LogP contribution in [-0.4, -0.2) is 21.4 Å². The molecule has 0 unspecified atom stereocenters. The molecule has 0 radical (unpaired) electrons. The van der Waals surface area contributed by atoms with Crippen LogP contribution in [0.15, 0.2) is 29.2 Å². The van der Waals surface area contributed by atoms with Crippen molar-refractivity contribution in [3.05, 3.63) is 24.3 Å². The topological polar surface area (TPSA) is 72.5 Å². The average Bonchev–Trinajstić information content (AvgIpc) is 2.30. The summed E-state index contributed by atoms with van der Waals surface area (Å²) in [4.78, 5) is 10.7.